The standard InChI is InChI=1S/C18H19N3O3S/c1-12-11-17(22)21-15-7-4-6-14(18(15)20-12)10-9-13-5-2-3-8-16(13)25(19,23)24/h2-10,12,20H,11H2,1H3,(H,21,22)(H2,19,23,24)/b10-9+/t12-/m1/s1. The molecule has 3 rings (SSSR count). The maximum atomic E-state index is 11.9. The summed E-state index contributed by atoms with van der Waals surface area (Å²) >= 11 is 0. The van der Waals surface area contributed by atoms with Crippen molar-refractivity contribution in [1.29, 1.82) is 0 Å². The van der Waals surface area contributed by atoms with Gasteiger partial charge >= 0.3 is 0 Å². The number of carbonyl (C=O) groups is 1. The highest BCUT2D eigenvalue weighted by Gasteiger charge is 2.19. The van der Waals surface area contributed by atoms with Crippen molar-refractivity contribution in [2.24, 2.45) is 5.14 Å². The number of rotatable bonds is 3. The van der Waals surface area contributed by atoms with Gasteiger partial charge in [-0.25, -0.2) is 13.6 Å². The van der Waals surface area contributed by atoms with Gasteiger partial charge in [0, 0.05) is 12.5 Å². The molecule has 1 amide bonds. The highest BCUT2D eigenvalue weighted by Crippen LogP contribution is 2.31. The van der Waals surface area contributed by atoms with E-state index in [1.54, 1.807) is 30.4 Å². The fourth-order valence-corrected chi connectivity index (χ4v) is 3.54. The largest absolute Gasteiger partial charge is 0.380 e. The second-order valence-corrected chi connectivity index (χ2v) is 7.51. The third-order valence-corrected chi connectivity index (χ3v) is 4.91. The predicted molar refractivity (Wildman–Crippen MR) is 99.5 cm³/mol. The Labute approximate surface area is 146 Å². The van der Waals surface area contributed by atoms with Crippen molar-refractivity contribution in [1.82, 2.24) is 0 Å². The van der Waals surface area contributed by atoms with Gasteiger partial charge in [0.15, 0.2) is 0 Å². The molecule has 0 unspecified atom stereocenters. The lowest BCUT2D eigenvalue weighted by Gasteiger charge is -2.14. The number of hydrogen-bond acceptors (Lipinski definition) is 4. The van der Waals surface area contributed by atoms with Crippen LogP contribution in [0.2, 0.25) is 0 Å². The number of primary sulfonamides is 1. The minimum absolute atomic E-state index is 0.00694. The topological polar surface area (TPSA) is 101 Å². The van der Waals surface area contributed by atoms with Crippen LogP contribution in [0, 0.1) is 0 Å². The Hall–Kier alpha value is -2.64. The zero-order valence-corrected chi connectivity index (χ0v) is 14.5. The Morgan fingerprint density at radius 2 is 1.76 bits per heavy atom. The van der Waals surface area contributed by atoms with Crippen molar-refractivity contribution in [3.05, 3.63) is 53.6 Å². The van der Waals surface area contributed by atoms with E-state index in [4.69, 9.17) is 5.14 Å². The van der Waals surface area contributed by atoms with Crippen LogP contribution in [0.25, 0.3) is 12.2 Å². The highest BCUT2D eigenvalue weighted by molar-refractivity contribution is 7.89. The first-order chi connectivity index (χ1) is 11.8. The lowest BCUT2D eigenvalue weighted by Crippen LogP contribution is -2.19. The van der Waals surface area contributed by atoms with E-state index in [1.807, 2.05) is 25.1 Å². The summed E-state index contributed by atoms with van der Waals surface area (Å²) in [6, 6.07) is 12.1. The summed E-state index contributed by atoms with van der Waals surface area (Å²) in [5, 5.41) is 11.5. The van der Waals surface area contributed by atoms with Crippen LogP contribution in [0.5, 0.6) is 0 Å². The molecule has 6 nitrogen and oxygen atoms in total. The summed E-state index contributed by atoms with van der Waals surface area (Å²) in [5.74, 6) is -0.0422. The van der Waals surface area contributed by atoms with Crippen molar-refractivity contribution in [2.45, 2.75) is 24.3 Å². The molecule has 4 N–H and O–H groups in total. The second-order valence-electron chi connectivity index (χ2n) is 5.98. The molecule has 0 radical (unpaired) electrons. The van der Waals surface area contributed by atoms with Gasteiger partial charge in [-0.2, -0.15) is 0 Å². The van der Waals surface area contributed by atoms with Crippen molar-refractivity contribution in [2.75, 3.05) is 10.6 Å². The molecule has 0 aromatic heterocycles. The van der Waals surface area contributed by atoms with Gasteiger partial charge in [-0.3, -0.25) is 4.79 Å². The molecule has 0 saturated carbocycles. The summed E-state index contributed by atoms with van der Waals surface area (Å²) < 4.78 is 23.4. The van der Waals surface area contributed by atoms with E-state index in [0.717, 1.165) is 11.3 Å². The maximum Gasteiger partial charge on any atom is 0.238 e. The first-order valence-corrected chi connectivity index (χ1v) is 9.38. The van der Waals surface area contributed by atoms with Gasteiger partial charge in [-0.05, 0) is 30.2 Å². The molecule has 0 spiro atoms. The van der Waals surface area contributed by atoms with Crippen LogP contribution in [-0.2, 0) is 14.8 Å². The fourth-order valence-electron chi connectivity index (χ4n) is 2.81. The molecule has 1 aliphatic rings. The van der Waals surface area contributed by atoms with Gasteiger partial charge in [0.1, 0.15) is 0 Å². The number of hydrogen-bond donors (Lipinski definition) is 3. The molecule has 2 aromatic carbocycles. The van der Waals surface area contributed by atoms with Gasteiger partial charge in [-0.1, -0.05) is 42.5 Å². The van der Waals surface area contributed by atoms with Crippen LogP contribution in [0.3, 0.4) is 0 Å². The monoisotopic (exact) mass is 357 g/mol. The Kier molecular flexibility index (Phi) is 4.61. The normalized spacial score (nSPS) is 17.5. The van der Waals surface area contributed by atoms with Crippen LogP contribution in [0.1, 0.15) is 24.5 Å². The van der Waals surface area contributed by atoms with Crippen molar-refractivity contribution < 1.29 is 13.2 Å². The average molecular weight is 357 g/mol. The maximum absolute atomic E-state index is 11.9. The molecule has 1 heterocycles. The third kappa shape index (κ3) is 3.89. The quantitative estimate of drug-likeness (QED) is 0.735. The number of fused-ring (bicyclic) bond motifs is 1. The number of carbonyl (C=O) groups excluding carboxylic acids is 1. The molecular weight excluding hydrogens is 338 g/mol. The number of nitrogens with one attached hydrogen (secondary N) is 2. The number of nitrogens with two attached hydrogens (primary N) is 1. The van der Waals surface area contributed by atoms with E-state index in [2.05, 4.69) is 10.6 Å². The summed E-state index contributed by atoms with van der Waals surface area (Å²) in [7, 11) is -3.80. The molecule has 1 atom stereocenters. The number of benzene rings is 2. The Balaban J connectivity index is 2.02. The summed E-state index contributed by atoms with van der Waals surface area (Å²) in [5.41, 5.74) is 2.87. The van der Waals surface area contributed by atoms with E-state index in [-0.39, 0.29) is 16.8 Å². The minimum atomic E-state index is -3.80. The first kappa shape index (κ1) is 17.2. The lowest BCUT2D eigenvalue weighted by atomic mass is 10.1. The van der Waals surface area contributed by atoms with E-state index < -0.39 is 10.0 Å². The van der Waals surface area contributed by atoms with Crippen LogP contribution in [-0.4, -0.2) is 20.4 Å². The SMILES string of the molecule is C[C@@H]1CC(=O)Nc2cccc(/C=C/c3ccccc3S(N)(=O)=O)c2N1. The first-order valence-electron chi connectivity index (χ1n) is 7.84. The van der Waals surface area contributed by atoms with Crippen LogP contribution >= 0.6 is 0 Å². The molecule has 0 fully saturated rings. The minimum Gasteiger partial charge on any atom is -0.380 e. The lowest BCUT2D eigenvalue weighted by molar-refractivity contribution is -0.116. The fraction of sp³-hybridized carbons (Fsp3) is 0.167. The van der Waals surface area contributed by atoms with Crippen LogP contribution in [0.4, 0.5) is 11.4 Å². The predicted octanol–water partition coefficient (Wildman–Crippen LogP) is 2.65. The van der Waals surface area contributed by atoms with Gasteiger partial charge in [0.2, 0.25) is 15.9 Å². The Morgan fingerprint density at radius 3 is 2.52 bits per heavy atom. The number of sulfonamides is 1. The third-order valence-electron chi connectivity index (χ3n) is 3.92. The summed E-state index contributed by atoms with van der Waals surface area (Å²) in [4.78, 5) is 11.9. The van der Waals surface area contributed by atoms with Crippen molar-refractivity contribution in [3.8, 4) is 0 Å². The zero-order chi connectivity index (χ0) is 18.0. The number of para-hydroxylation sites is 1. The molecule has 7 heteroatoms. The van der Waals surface area contributed by atoms with Gasteiger partial charge in [-0.15, -0.1) is 0 Å². The highest BCUT2D eigenvalue weighted by atomic mass is 32.2. The summed E-state index contributed by atoms with van der Waals surface area (Å²) in [6.07, 6.45) is 3.89. The number of anilines is 2. The van der Waals surface area contributed by atoms with Crippen molar-refractivity contribution in [3.63, 3.8) is 0 Å². The summed E-state index contributed by atoms with van der Waals surface area (Å²) in [6.45, 7) is 1.94. The molecule has 0 aliphatic carbocycles. The van der Waals surface area contributed by atoms with Gasteiger partial charge in [0.25, 0.3) is 0 Å². The molecule has 130 valence electrons. The Morgan fingerprint density at radius 1 is 1.08 bits per heavy atom. The smallest absolute Gasteiger partial charge is 0.238 e. The molecule has 1 aliphatic heterocycles. The second kappa shape index (κ2) is 6.70. The molecule has 2 aromatic rings. The van der Waals surface area contributed by atoms with E-state index in [9.17, 15) is 13.2 Å². The zero-order valence-electron chi connectivity index (χ0n) is 13.7. The Bertz CT molecular complexity index is 952. The van der Waals surface area contributed by atoms with Crippen molar-refractivity contribution >= 4 is 39.5 Å². The van der Waals surface area contributed by atoms with E-state index >= 15 is 0 Å². The van der Waals surface area contributed by atoms with Gasteiger partial charge in [0.05, 0.1) is 16.3 Å². The molecule has 0 bridgehead atoms. The molecular formula is C18H19N3O3S. The van der Waals surface area contributed by atoms with E-state index in [1.165, 1.54) is 6.07 Å². The average Bonchev–Trinajstić information content (AvgIpc) is 2.69. The van der Waals surface area contributed by atoms with Crippen LogP contribution in [0.15, 0.2) is 47.4 Å². The molecule has 25 heavy (non-hydrogen) atoms. The van der Waals surface area contributed by atoms with E-state index in [0.29, 0.717) is 17.7 Å². The number of amides is 1. The van der Waals surface area contributed by atoms with Gasteiger partial charge < -0.3 is 10.6 Å². The van der Waals surface area contributed by atoms with Crippen LogP contribution < -0.4 is 15.8 Å². The molecule has 0 saturated heterocycles.